The lowest BCUT2D eigenvalue weighted by Crippen LogP contribution is -1.81. The fraction of sp³-hybridized carbons (Fsp3) is 0.826. The lowest BCUT2D eigenvalue weighted by Gasteiger charge is -2.00. The fourth-order valence-electron chi connectivity index (χ4n) is 3.07. The van der Waals surface area contributed by atoms with Gasteiger partial charge in [0, 0.05) is 0 Å². The van der Waals surface area contributed by atoms with Crippen molar-refractivity contribution in [1.29, 1.82) is 0 Å². The highest BCUT2D eigenvalue weighted by atomic mass is 14.0. The number of hydrogen-bond acceptors (Lipinski definition) is 0. The average Bonchev–Trinajstić information content (AvgIpc) is 2.57. The Labute approximate surface area is 147 Å². The fourth-order valence-corrected chi connectivity index (χ4v) is 3.07. The molecule has 0 bridgehead atoms. The van der Waals surface area contributed by atoms with Crippen molar-refractivity contribution in [2.45, 2.75) is 122 Å². The van der Waals surface area contributed by atoms with Gasteiger partial charge in [0.1, 0.15) is 0 Å². The van der Waals surface area contributed by atoms with Gasteiger partial charge in [-0.25, -0.2) is 0 Å². The number of unbranched alkanes of at least 4 members (excludes halogenated alkanes) is 16. The number of rotatable bonds is 19. The minimum atomic E-state index is 1.20. The topological polar surface area (TPSA) is 0 Å². The summed E-state index contributed by atoms with van der Waals surface area (Å²) in [6, 6.07) is 0. The first kappa shape index (κ1) is 22.5. The van der Waals surface area contributed by atoms with Crippen molar-refractivity contribution >= 4 is 0 Å². The smallest absolute Gasteiger partial charge is 0.0351 e. The summed E-state index contributed by atoms with van der Waals surface area (Å²) in [5.41, 5.74) is 0. The number of allylic oxidation sites excluding steroid dienone is 3. The molecule has 0 spiro atoms. The van der Waals surface area contributed by atoms with Crippen molar-refractivity contribution in [3.63, 3.8) is 0 Å². The molecule has 0 aromatic heterocycles. The molecule has 0 amide bonds. The Morgan fingerprint density at radius 2 is 0.826 bits per heavy atom. The first-order chi connectivity index (χ1) is 11.4. The SMILES string of the molecule is C=CCCCCCCCCCC=CCCCCCCCCCC. The lowest BCUT2D eigenvalue weighted by atomic mass is 10.1. The summed E-state index contributed by atoms with van der Waals surface area (Å²) in [5.74, 6) is 0. The summed E-state index contributed by atoms with van der Waals surface area (Å²) in [5, 5.41) is 0. The van der Waals surface area contributed by atoms with E-state index in [-0.39, 0.29) is 0 Å². The van der Waals surface area contributed by atoms with E-state index in [1.54, 1.807) is 0 Å². The van der Waals surface area contributed by atoms with Crippen molar-refractivity contribution in [3.05, 3.63) is 24.8 Å². The standard InChI is InChI=1S/C23H44/c1-3-5-7-9-11-13-15-17-19-21-23-22-20-18-16-14-12-10-8-6-4-2/h3,22-23H,1,4-21H2,2H3. The Morgan fingerprint density at radius 3 is 1.22 bits per heavy atom. The minimum absolute atomic E-state index is 1.20. The molecule has 0 rings (SSSR count). The molecule has 0 unspecified atom stereocenters. The van der Waals surface area contributed by atoms with Crippen LogP contribution in [0, 0.1) is 0 Å². The highest BCUT2D eigenvalue weighted by Gasteiger charge is 1.92. The molecule has 136 valence electrons. The van der Waals surface area contributed by atoms with Gasteiger partial charge in [0.15, 0.2) is 0 Å². The summed E-state index contributed by atoms with van der Waals surface area (Å²) in [6.45, 7) is 6.06. The van der Waals surface area contributed by atoms with Crippen LogP contribution in [0.4, 0.5) is 0 Å². The molecule has 0 atom stereocenters. The zero-order valence-electron chi connectivity index (χ0n) is 16.2. The highest BCUT2D eigenvalue weighted by molar-refractivity contribution is 4.81. The van der Waals surface area contributed by atoms with Crippen molar-refractivity contribution in [1.82, 2.24) is 0 Å². The van der Waals surface area contributed by atoms with E-state index in [1.807, 2.05) is 6.08 Å². The zero-order chi connectivity index (χ0) is 16.8. The predicted octanol–water partition coefficient (Wildman–Crippen LogP) is 8.77. The van der Waals surface area contributed by atoms with Gasteiger partial charge in [-0.3, -0.25) is 0 Å². The van der Waals surface area contributed by atoms with Gasteiger partial charge in [0.2, 0.25) is 0 Å². The van der Waals surface area contributed by atoms with E-state index >= 15 is 0 Å². The Bertz CT molecular complexity index is 238. The van der Waals surface area contributed by atoms with Gasteiger partial charge < -0.3 is 0 Å². The van der Waals surface area contributed by atoms with Crippen LogP contribution in [-0.2, 0) is 0 Å². The van der Waals surface area contributed by atoms with E-state index in [9.17, 15) is 0 Å². The second kappa shape index (κ2) is 21.5. The van der Waals surface area contributed by atoms with E-state index in [1.165, 1.54) is 116 Å². The van der Waals surface area contributed by atoms with E-state index in [4.69, 9.17) is 0 Å². The molecule has 0 aliphatic heterocycles. The molecule has 0 saturated heterocycles. The number of hydrogen-bond donors (Lipinski definition) is 0. The second-order valence-electron chi connectivity index (χ2n) is 7.08. The summed E-state index contributed by atoms with van der Waals surface area (Å²) in [4.78, 5) is 0. The molecule has 0 aromatic rings. The van der Waals surface area contributed by atoms with Gasteiger partial charge in [-0.2, -0.15) is 0 Å². The minimum Gasteiger partial charge on any atom is -0.103 e. The molecule has 0 N–H and O–H groups in total. The van der Waals surface area contributed by atoms with Gasteiger partial charge in [-0.15, -0.1) is 6.58 Å². The highest BCUT2D eigenvalue weighted by Crippen LogP contribution is 2.11. The maximum absolute atomic E-state index is 3.77. The van der Waals surface area contributed by atoms with Gasteiger partial charge in [-0.05, 0) is 38.5 Å². The van der Waals surface area contributed by atoms with Crippen molar-refractivity contribution < 1.29 is 0 Å². The van der Waals surface area contributed by atoms with Crippen LogP contribution in [0.5, 0.6) is 0 Å². The van der Waals surface area contributed by atoms with Gasteiger partial charge >= 0.3 is 0 Å². The van der Waals surface area contributed by atoms with Crippen molar-refractivity contribution in [2.75, 3.05) is 0 Å². The summed E-state index contributed by atoms with van der Waals surface area (Å²) < 4.78 is 0. The van der Waals surface area contributed by atoms with Crippen LogP contribution in [0.15, 0.2) is 24.8 Å². The third-order valence-electron chi connectivity index (χ3n) is 4.67. The molecule has 0 fully saturated rings. The van der Waals surface area contributed by atoms with Crippen LogP contribution in [0.25, 0.3) is 0 Å². The summed E-state index contributed by atoms with van der Waals surface area (Å²) >= 11 is 0. The molecule has 0 saturated carbocycles. The monoisotopic (exact) mass is 320 g/mol. The van der Waals surface area contributed by atoms with Crippen molar-refractivity contribution in [2.24, 2.45) is 0 Å². The van der Waals surface area contributed by atoms with Crippen LogP contribution >= 0.6 is 0 Å². The van der Waals surface area contributed by atoms with Gasteiger partial charge in [0.25, 0.3) is 0 Å². The van der Waals surface area contributed by atoms with Gasteiger partial charge in [0.05, 0.1) is 0 Å². The van der Waals surface area contributed by atoms with E-state index < -0.39 is 0 Å². The average molecular weight is 321 g/mol. The van der Waals surface area contributed by atoms with Crippen LogP contribution in [0.3, 0.4) is 0 Å². The van der Waals surface area contributed by atoms with Crippen molar-refractivity contribution in [3.8, 4) is 0 Å². The largest absolute Gasteiger partial charge is 0.103 e. The predicted molar refractivity (Wildman–Crippen MR) is 108 cm³/mol. The quantitative estimate of drug-likeness (QED) is 0.165. The van der Waals surface area contributed by atoms with Crippen LogP contribution in [-0.4, -0.2) is 0 Å². The Hall–Kier alpha value is -0.520. The first-order valence-electron chi connectivity index (χ1n) is 10.7. The molecule has 0 aliphatic carbocycles. The maximum atomic E-state index is 3.77. The zero-order valence-corrected chi connectivity index (χ0v) is 16.2. The molecule has 0 aromatic carbocycles. The molecule has 0 aliphatic rings. The van der Waals surface area contributed by atoms with Crippen LogP contribution in [0.2, 0.25) is 0 Å². The summed E-state index contributed by atoms with van der Waals surface area (Å²) in [7, 11) is 0. The van der Waals surface area contributed by atoms with Crippen LogP contribution < -0.4 is 0 Å². The normalized spacial score (nSPS) is 11.3. The molecule has 23 heavy (non-hydrogen) atoms. The van der Waals surface area contributed by atoms with E-state index in [0.29, 0.717) is 0 Å². The van der Waals surface area contributed by atoms with Gasteiger partial charge in [-0.1, -0.05) is 102 Å². The van der Waals surface area contributed by atoms with E-state index in [0.717, 1.165) is 0 Å². The Kier molecular flexibility index (Phi) is 21.0. The molecular formula is C23H44. The third-order valence-corrected chi connectivity index (χ3v) is 4.67. The molecule has 0 nitrogen and oxygen atoms in total. The third kappa shape index (κ3) is 21.5. The molecular weight excluding hydrogens is 276 g/mol. The van der Waals surface area contributed by atoms with Crippen LogP contribution in [0.1, 0.15) is 122 Å². The Balaban J connectivity index is 3.04. The first-order valence-corrected chi connectivity index (χ1v) is 10.7. The Morgan fingerprint density at radius 1 is 0.478 bits per heavy atom. The molecule has 0 radical (unpaired) electrons. The summed E-state index contributed by atoms with van der Waals surface area (Å²) in [6.07, 6.45) is 31.9. The lowest BCUT2D eigenvalue weighted by molar-refractivity contribution is 0.576. The second-order valence-corrected chi connectivity index (χ2v) is 7.08. The maximum Gasteiger partial charge on any atom is -0.0351 e. The molecule has 0 heteroatoms. The molecule has 0 heterocycles. The van der Waals surface area contributed by atoms with E-state index in [2.05, 4.69) is 25.7 Å².